The van der Waals surface area contributed by atoms with Crippen LogP contribution in [0.1, 0.15) is 25.8 Å². The van der Waals surface area contributed by atoms with Crippen LogP contribution in [0.5, 0.6) is 0 Å². The minimum absolute atomic E-state index is 0.112. The largest absolute Gasteiger partial charge is 0.396 e. The van der Waals surface area contributed by atoms with Crippen molar-refractivity contribution in [1.82, 2.24) is 5.32 Å². The van der Waals surface area contributed by atoms with E-state index in [1.807, 2.05) is 44.2 Å². The van der Waals surface area contributed by atoms with E-state index < -0.39 is 0 Å². The van der Waals surface area contributed by atoms with Crippen molar-refractivity contribution in [2.45, 2.75) is 20.3 Å². The lowest BCUT2D eigenvalue weighted by atomic mass is 9.90. The molecule has 1 aromatic rings. The second kappa shape index (κ2) is 6.83. The van der Waals surface area contributed by atoms with Gasteiger partial charge in [-0.3, -0.25) is 4.79 Å². The van der Waals surface area contributed by atoms with E-state index in [2.05, 4.69) is 17.2 Å². The first-order valence-electron chi connectivity index (χ1n) is 5.99. The van der Waals surface area contributed by atoms with Crippen molar-refractivity contribution in [3.05, 3.63) is 35.9 Å². The molecule has 1 aromatic carbocycles. The van der Waals surface area contributed by atoms with E-state index in [1.54, 1.807) is 0 Å². The normalized spacial score (nSPS) is 10.4. The fourth-order valence-corrected chi connectivity index (χ4v) is 1.41. The summed E-state index contributed by atoms with van der Waals surface area (Å²) < 4.78 is 0. The van der Waals surface area contributed by atoms with Crippen LogP contribution in [0.25, 0.3) is 0 Å². The van der Waals surface area contributed by atoms with E-state index in [0.717, 1.165) is 5.56 Å². The van der Waals surface area contributed by atoms with Gasteiger partial charge in [0.05, 0.1) is 0 Å². The van der Waals surface area contributed by atoms with Gasteiger partial charge in [-0.15, -0.1) is 0 Å². The van der Waals surface area contributed by atoms with E-state index in [0.29, 0.717) is 13.0 Å². The van der Waals surface area contributed by atoms with E-state index >= 15 is 0 Å². The molecule has 0 saturated heterocycles. The zero-order valence-corrected chi connectivity index (χ0v) is 10.9. The third-order valence-electron chi connectivity index (χ3n) is 2.61. The Morgan fingerprint density at radius 3 is 2.61 bits per heavy atom. The number of aliphatic hydroxyl groups is 1. The van der Waals surface area contributed by atoms with Gasteiger partial charge in [-0.2, -0.15) is 0 Å². The van der Waals surface area contributed by atoms with Gasteiger partial charge in [0, 0.05) is 24.6 Å². The topological polar surface area (TPSA) is 49.3 Å². The molecule has 1 rings (SSSR count). The number of nitrogens with one attached hydrogen (secondary N) is 1. The van der Waals surface area contributed by atoms with E-state index in [1.165, 1.54) is 0 Å². The van der Waals surface area contributed by atoms with Crippen molar-refractivity contribution in [1.29, 1.82) is 0 Å². The summed E-state index contributed by atoms with van der Waals surface area (Å²) in [7, 11) is 0. The van der Waals surface area contributed by atoms with Gasteiger partial charge < -0.3 is 10.4 Å². The molecular formula is C15H19NO2. The molecule has 0 spiro atoms. The fourth-order valence-electron chi connectivity index (χ4n) is 1.41. The Balaban J connectivity index is 2.46. The highest BCUT2D eigenvalue weighted by molar-refractivity contribution is 5.94. The number of hydrogen-bond donors (Lipinski definition) is 2. The van der Waals surface area contributed by atoms with Gasteiger partial charge in [0.2, 0.25) is 0 Å². The molecule has 0 radical (unpaired) electrons. The van der Waals surface area contributed by atoms with Gasteiger partial charge >= 0.3 is 0 Å². The second-order valence-corrected chi connectivity index (χ2v) is 4.94. The molecule has 3 heteroatoms. The summed E-state index contributed by atoms with van der Waals surface area (Å²) >= 11 is 0. The summed E-state index contributed by atoms with van der Waals surface area (Å²) in [6.07, 6.45) is 0.652. The molecule has 0 unspecified atom stereocenters. The highest BCUT2D eigenvalue weighted by Crippen LogP contribution is 2.17. The maximum Gasteiger partial charge on any atom is 0.296 e. The molecule has 3 nitrogen and oxygen atoms in total. The van der Waals surface area contributed by atoms with Gasteiger partial charge in [0.15, 0.2) is 0 Å². The first-order chi connectivity index (χ1) is 8.53. The van der Waals surface area contributed by atoms with E-state index in [-0.39, 0.29) is 17.9 Å². The maximum atomic E-state index is 11.5. The first-order valence-corrected chi connectivity index (χ1v) is 5.99. The predicted octanol–water partition coefficient (Wildman–Crippen LogP) is 1.56. The quantitative estimate of drug-likeness (QED) is 0.791. The summed E-state index contributed by atoms with van der Waals surface area (Å²) in [4.78, 5) is 11.5. The van der Waals surface area contributed by atoms with Crippen LogP contribution >= 0.6 is 0 Å². The van der Waals surface area contributed by atoms with Crippen LogP contribution in [0.15, 0.2) is 30.3 Å². The molecule has 2 N–H and O–H groups in total. The molecular weight excluding hydrogens is 226 g/mol. The third-order valence-corrected chi connectivity index (χ3v) is 2.61. The average molecular weight is 245 g/mol. The summed E-state index contributed by atoms with van der Waals surface area (Å²) in [5, 5.41) is 11.6. The van der Waals surface area contributed by atoms with Crippen molar-refractivity contribution in [3.8, 4) is 11.8 Å². The van der Waals surface area contributed by atoms with Gasteiger partial charge in [-0.1, -0.05) is 38.0 Å². The van der Waals surface area contributed by atoms with Crippen LogP contribution in [-0.4, -0.2) is 24.2 Å². The van der Waals surface area contributed by atoms with Crippen LogP contribution in [-0.2, 0) is 4.79 Å². The Bertz CT molecular complexity index is 441. The van der Waals surface area contributed by atoms with Crippen molar-refractivity contribution in [3.63, 3.8) is 0 Å². The van der Waals surface area contributed by atoms with E-state index in [9.17, 15) is 4.79 Å². The van der Waals surface area contributed by atoms with Crippen molar-refractivity contribution in [2.75, 3.05) is 13.2 Å². The van der Waals surface area contributed by atoms with Crippen molar-refractivity contribution < 1.29 is 9.90 Å². The fraction of sp³-hybridized carbons (Fsp3) is 0.400. The standard InChI is InChI=1S/C15H19NO2/c1-15(2,10-11-17)12-16-14(18)9-8-13-6-4-3-5-7-13/h3-7,17H,10-12H2,1-2H3,(H,16,18). The summed E-state index contributed by atoms with van der Waals surface area (Å²) in [5.41, 5.74) is 0.709. The molecule has 18 heavy (non-hydrogen) atoms. The lowest BCUT2D eigenvalue weighted by molar-refractivity contribution is -0.116. The number of hydrogen-bond acceptors (Lipinski definition) is 2. The summed E-state index contributed by atoms with van der Waals surface area (Å²) in [5.74, 6) is 5.07. The first kappa shape index (κ1) is 14.3. The summed E-state index contributed by atoms with van der Waals surface area (Å²) in [6, 6.07) is 9.38. The lowest BCUT2D eigenvalue weighted by Crippen LogP contribution is -2.33. The Hall–Kier alpha value is -1.79. The SMILES string of the molecule is CC(C)(CCO)CNC(=O)C#Cc1ccccc1. The van der Waals surface area contributed by atoms with E-state index in [4.69, 9.17) is 5.11 Å². The minimum atomic E-state index is -0.287. The lowest BCUT2D eigenvalue weighted by Gasteiger charge is -2.22. The Labute approximate surface area is 108 Å². The highest BCUT2D eigenvalue weighted by atomic mass is 16.3. The van der Waals surface area contributed by atoms with Crippen molar-refractivity contribution >= 4 is 5.91 Å². The molecule has 0 saturated carbocycles. The number of carbonyl (C=O) groups is 1. The maximum absolute atomic E-state index is 11.5. The molecule has 0 aliphatic heterocycles. The molecule has 0 bridgehead atoms. The van der Waals surface area contributed by atoms with Gasteiger partial charge in [-0.05, 0) is 24.0 Å². The smallest absolute Gasteiger partial charge is 0.296 e. The molecule has 0 aliphatic carbocycles. The minimum Gasteiger partial charge on any atom is -0.396 e. The number of amides is 1. The van der Waals surface area contributed by atoms with Gasteiger partial charge in [-0.25, -0.2) is 0 Å². The average Bonchev–Trinajstić information content (AvgIpc) is 2.35. The molecule has 0 heterocycles. The predicted molar refractivity (Wildman–Crippen MR) is 71.8 cm³/mol. The molecule has 0 aliphatic rings. The number of aliphatic hydroxyl groups excluding tert-OH is 1. The zero-order chi connectivity index (χ0) is 13.4. The summed E-state index contributed by atoms with van der Waals surface area (Å²) in [6.45, 7) is 4.62. The van der Waals surface area contributed by atoms with Crippen LogP contribution in [0.2, 0.25) is 0 Å². The Morgan fingerprint density at radius 1 is 1.33 bits per heavy atom. The third kappa shape index (κ3) is 5.51. The monoisotopic (exact) mass is 245 g/mol. The molecule has 0 aromatic heterocycles. The zero-order valence-electron chi connectivity index (χ0n) is 10.9. The Kier molecular flexibility index (Phi) is 5.41. The molecule has 96 valence electrons. The second-order valence-electron chi connectivity index (χ2n) is 4.94. The molecule has 0 fully saturated rings. The van der Waals surface area contributed by atoms with Crippen LogP contribution in [0.4, 0.5) is 0 Å². The Morgan fingerprint density at radius 2 is 2.00 bits per heavy atom. The molecule has 0 atom stereocenters. The van der Waals surface area contributed by atoms with Crippen LogP contribution in [0.3, 0.4) is 0 Å². The number of benzene rings is 1. The van der Waals surface area contributed by atoms with Gasteiger partial charge in [0.1, 0.15) is 0 Å². The van der Waals surface area contributed by atoms with Crippen molar-refractivity contribution in [2.24, 2.45) is 5.41 Å². The number of rotatable bonds is 4. The number of carbonyl (C=O) groups excluding carboxylic acids is 1. The van der Waals surface area contributed by atoms with Crippen LogP contribution < -0.4 is 5.32 Å². The van der Waals surface area contributed by atoms with Crippen LogP contribution in [0, 0.1) is 17.3 Å². The highest BCUT2D eigenvalue weighted by Gasteiger charge is 2.17. The van der Waals surface area contributed by atoms with Gasteiger partial charge in [0.25, 0.3) is 5.91 Å². The molecule has 1 amide bonds.